The highest BCUT2D eigenvalue weighted by molar-refractivity contribution is 6.00. The molecule has 0 saturated carbocycles. The second kappa shape index (κ2) is 5.77. The highest BCUT2D eigenvalue weighted by Gasteiger charge is 2.50. The smallest absolute Gasteiger partial charge is 0.226 e. The molecule has 0 radical (unpaired) electrons. The number of aromatic nitrogens is 3. The molecule has 1 aliphatic carbocycles. The molecule has 3 aliphatic rings. The van der Waals surface area contributed by atoms with Crippen LogP contribution in [0.4, 0.5) is 5.95 Å². The number of Topliss-reactive ketones (excluding diaryl/α,β-unsaturated/α-hetero) is 1. The molecule has 0 amide bonds. The van der Waals surface area contributed by atoms with Gasteiger partial charge in [-0.2, -0.15) is 10.1 Å². The number of nitrogens with zero attached hydrogens (tertiary/aromatic N) is 4. The number of carbonyl (C=O) groups is 1. The molecule has 2 aromatic rings. The van der Waals surface area contributed by atoms with Gasteiger partial charge in [0, 0.05) is 30.8 Å². The molecule has 5 rings (SSSR count). The Morgan fingerprint density at radius 2 is 1.92 bits per heavy atom. The van der Waals surface area contributed by atoms with Crippen LogP contribution in [0, 0.1) is 0 Å². The zero-order valence-corrected chi connectivity index (χ0v) is 15.0. The third-order valence-corrected chi connectivity index (χ3v) is 6.23. The summed E-state index contributed by atoms with van der Waals surface area (Å²) in [5, 5.41) is 7.93. The number of hydrogen-bond acceptors (Lipinski definition) is 5. The van der Waals surface area contributed by atoms with Crippen molar-refractivity contribution in [1.82, 2.24) is 19.7 Å². The standard InChI is InChI=1S/C20H23N5O/c1-24-9-7-20(8-10-24)18-16(23-19-21-13-22-25(19)20)11-15(12-17(18)26)14-5-3-2-4-6-14/h2-6,13,15H,7-12H2,1H3,(H,21,22,23). The quantitative estimate of drug-likeness (QED) is 0.857. The molecular formula is C20H23N5O. The molecule has 3 heterocycles. The van der Waals surface area contributed by atoms with Crippen molar-refractivity contribution in [2.75, 3.05) is 25.5 Å². The Labute approximate surface area is 152 Å². The van der Waals surface area contributed by atoms with Crippen LogP contribution in [0.25, 0.3) is 0 Å². The average molecular weight is 349 g/mol. The summed E-state index contributed by atoms with van der Waals surface area (Å²) in [5.41, 5.74) is 2.91. The summed E-state index contributed by atoms with van der Waals surface area (Å²) in [6.45, 7) is 1.93. The Morgan fingerprint density at radius 3 is 2.69 bits per heavy atom. The van der Waals surface area contributed by atoms with Crippen molar-refractivity contribution in [3.63, 3.8) is 0 Å². The van der Waals surface area contributed by atoms with E-state index in [-0.39, 0.29) is 17.2 Å². The van der Waals surface area contributed by atoms with Gasteiger partial charge < -0.3 is 10.2 Å². The summed E-state index contributed by atoms with van der Waals surface area (Å²) < 4.78 is 1.97. The molecule has 6 heteroatoms. The molecular weight excluding hydrogens is 326 g/mol. The van der Waals surface area contributed by atoms with Gasteiger partial charge in [0.2, 0.25) is 5.95 Å². The second-order valence-electron chi connectivity index (χ2n) is 7.75. The zero-order chi connectivity index (χ0) is 17.7. The number of allylic oxidation sites excluding steroid dienone is 2. The van der Waals surface area contributed by atoms with Crippen molar-refractivity contribution in [3.05, 3.63) is 53.5 Å². The van der Waals surface area contributed by atoms with Crippen molar-refractivity contribution >= 4 is 11.7 Å². The maximum atomic E-state index is 13.3. The van der Waals surface area contributed by atoms with Crippen molar-refractivity contribution in [2.45, 2.75) is 37.1 Å². The van der Waals surface area contributed by atoms with Gasteiger partial charge >= 0.3 is 0 Å². The summed E-state index contributed by atoms with van der Waals surface area (Å²) in [4.78, 5) is 20.1. The molecule has 1 aromatic carbocycles. The molecule has 6 nitrogen and oxygen atoms in total. The first-order valence-corrected chi connectivity index (χ1v) is 9.35. The lowest BCUT2D eigenvalue weighted by molar-refractivity contribution is -0.118. The van der Waals surface area contributed by atoms with Crippen LogP contribution in [0.5, 0.6) is 0 Å². The Morgan fingerprint density at radius 1 is 1.15 bits per heavy atom. The number of nitrogens with one attached hydrogen (secondary N) is 1. The lowest BCUT2D eigenvalue weighted by Crippen LogP contribution is -2.52. The summed E-state index contributed by atoms with van der Waals surface area (Å²) in [6, 6.07) is 10.4. The number of benzene rings is 1. The van der Waals surface area contributed by atoms with Crippen LogP contribution < -0.4 is 5.32 Å². The van der Waals surface area contributed by atoms with Crippen LogP contribution >= 0.6 is 0 Å². The Balaban J connectivity index is 1.59. The molecule has 134 valence electrons. The molecule has 1 unspecified atom stereocenters. The molecule has 1 N–H and O–H groups in total. The number of rotatable bonds is 1. The first-order chi connectivity index (χ1) is 12.7. The van der Waals surface area contributed by atoms with Crippen LogP contribution in [0.3, 0.4) is 0 Å². The van der Waals surface area contributed by atoms with Crippen molar-refractivity contribution < 1.29 is 4.79 Å². The lowest BCUT2D eigenvalue weighted by Gasteiger charge is -2.47. The van der Waals surface area contributed by atoms with Crippen LogP contribution in [-0.2, 0) is 10.3 Å². The number of anilines is 1. The summed E-state index contributed by atoms with van der Waals surface area (Å²) >= 11 is 0. The predicted octanol–water partition coefficient (Wildman–Crippen LogP) is 2.53. The molecule has 2 aliphatic heterocycles. The van der Waals surface area contributed by atoms with Gasteiger partial charge in [-0.15, -0.1) is 0 Å². The molecule has 0 bridgehead atoms. The van der Waals surface area contributed by atoms with E-state index < -0.39 is 0 Å². The van der Waals surface area contributed by atoms with Gasteiger partial charge in [0.25, 0.3) is 0 Å². The number of likely N-dealkylation sites (tertiary alicyclic amines) is 1. The topological polar surface area (TPSA) is 63.1 Å². The SMILES string of the molecule is CN1CCC2(CC1)C1=C(CC(c3ccccc3)CC1=O)Nc1ncnn12. The first kappa shape index (κ1) is 15.8. The van der Waals surface area contributed by atoms with Crippen molar-refractivity contribution in [1.29, 1.82) is 0 Å². The van der Waals surface area contributed by atoms with E-state index >= 15 is 0 Å². The third-order valence-electron chi connectivity index (χ3n) is 6.23. The maximum absolute atomic E-state index is 13.3. The van der Waals surface area contributed by atoms with Crippen LogP contribution in [0.15, 0.2) is 47.9 Å². The zero-order valence-electron chi connectivity index (χ0n) is 15.0. The fourth-order valence-corrected chi connectivity index (χ4v) is 4.86. The lowest BCUT2D eigenvalue weighted by atomic mass is 9.70. The highest BCUT2D eigenvalue weighted by atomic mass is 16.1. The first-order valence-electron chi connectivity index (χ1n) is 9.35. The van der Waals surface area contributed by atoms with Crippen molar-refractivity contribution in [2.24, 2.45) is 0 Å². The number of hydrogen-bond donors (Lipinski definition) is 1. The molecule has 1 fully saturated rings. The molecule has 1 aromatic heterocycles. The Hall–Kier alpha value is -2.47. The normalized spacial score (nSPS) is 25.0. The maximum Gasteiger partial charge on any atom is 0.226 e. The Kier molecular flexibility index (Phi) is 3.50. The molecule has 1 spiro atoms. The largest absolute Gasteiger partial charge is 0.328 e. The van der Waals surface area contributed by atoms with Gasteiger partial charge in [-0.3, -0.25) is 4.79 Å². The Bertz CT molecular complexity index is 877. The van der Waals surface area contributed by atoms with E-state index in [1.807, 2.05) is 22.9 Å². The van der Waals surface area contributed by atoms with E-state index in [1.165, 1.54) is 5.56 Å². The second-order valence-corrected chi connectivity index (χ2v) is 7.75. The minimum Gasteiger partial charge on any atom is -0.328 e. The fourth-order valence-electron chi connectivity index (χ4n) is 4.86. The van der Waals surface area contributed by atoms with E-state index in [9.17, 15) is 4.79 Å². The van der Waals surface area contributed by atoms with Gasteiger partial charge in [0.05, 0.1) is 5.54 Å². The number of fused-ring (bicyclic) bond motifs is 3. The number of carbonyl (C=O) groups excluding carboxylic acids is 1. The van der Waals surface area contributed by atoms with E-state index in [2.05, 4.69) is 39.5 Å². The summed E-state index contributed by atoms with van der Waals surface area (Å²) in [6.07, 6.45) is 4.84. The number of ketones is 1. The van der Waals surface area contributed by atoms with Gasteiger partial charge in [0.1, 0.15) is 6.33 Å². The van der Waals surface area contributed by atoms with Gasteiger partial charge in [-0.1, -0.05) is 30.3 Å². The van der Waals surface area contributed by atoms with Crippen LogP contribution in [0.1, 0.15) is 37.2 Å². The van der Waals surface area contributed by atoms with Crippen LogP contribution in [0.2, 0.25) is 0 Å². The molecule has 26 heavy (non-hydrogen) atoms. The van der Waals surface area contributed by atoms with Gasteiger partial charge in [-0.05, 0) is 37.8 Å². The van der Waals surface area contributed by atoms with Gasteiger partial charge in [0.15, 0.2) is 5.78 Å². The molecule has 1 saturated heterocycles. The monoisotopic (exact) mass is 349 g/mol. The van der Waals surface area contributed by atoms with E-state index in [0.717, 1.165) is 49.6 Å². The van der Waals surface area contributed by atoms with Crippen LogP contribution in [-0.4, -0.2) is 45.6 Å². The van der Waals surface area contributed by atoms with Gasteiger partial charge in [-0.25, -0.2) is 4.68 Å². The van der Waals surface area contributed by atoms with Crippen molar-refractivity contribution in [3.8, 4) is 0 Å². The third kappa shape index (κ3) is 2.25. The predicted molar refractivity (Wildman–Crippen MR) is 98.8 cm³/mol. The highest BCUT2D eigenvalue weighted by Crippen LogP contribution is 2.48. The average Bonchev–Trinajstić information content (AvgIpc) is 3.13. The van der Waals surface area contributed by atoms with E-state index in [0.29, 0.717) is 6.42 Å². The summed E-state index contributed by atoms with van der Waals surface area (Å²) in [7, 11) is 2.14. The number of piperidine rings is 1. The van der Waals surface area contributed by atoms with E-state index in [1.54, 1.807) is 6.33 Å². The molecule has 1 atom stereocenters. The minimum atomic E-state index is -0.336. The van der Waals surface area contributed by atoms with E-state index in [4.69, 9.17) is 0 Å². The summed E-state index contributed by atoms with van der Waals surface area (Å²) in [5.74, 6) is 1.26. The minimum absolute atomic E-state index is 0.229. The fraction of sp³-hybridized carbons (Fsp3) is 0.450.